The Morgan fingerprint density at radius 2 is 1.72 bits per heavy atom. The number of anilines is 1. The molecule has 8 nitrogen and oxygen atoms in total. The summed E-state index contributed by atoms with van der Waals surface area (Å²) in [6, 6.07) is 19.8. The third-order valence-corrected chi connectivity index (χ3v) is 7.32. The lowest BCUT2D eigenvalue weighted by atomic mass is 10.0. The third kappa shape index (κ3) is 4.67. The molecule has 4 rings (SSSR count). The van der Waals surface area contributed by atoms with Crippen molar-refractivity contribution in [1.29, 1.82) is 0 Å². The molecule has 164 valence electrons. The van der Waals surface area contributed by atoms with Gasteiger partial charge in [-0.1, -0.05) is 48.2 Å². The number of hydrogen-bond donors (Lipinski definition) is 1. The standard InChI is InChI=1S/C22H20N4O4S2/c1-26(2)32(28,29)17-12-10-16(11-13-17)23-20(27)14-31-22-25-24-21(30-22)19-9-5-7-15-6-3-4-8-18(15)19/h3-13H,14H2,1-2H3,(H,23,27). The molecule has 1 heterocycles. The van der Waals surface area contributed by atoms with Gasteiger partial charge in [-0.05, 0) is 41.1 Å². The van der Waals surface area contributed by atoms with E-state index in [1.54, 1.807) is 12.1 Å². The summed E-state index contributed by atoms with van der Waals surface area (Å²) in [6.07, 6.45) is 0. The van der Waals surface area contributed by atoms with Gasteiger partial charge in [-0.3, -0.25) is 4.79 Å². The largest absolute Gasteiger partial charge is 0.411 e. The molecule has 0 aliphatic heterocycles. The van der Waals surface area contributed by atoms with Gasteiger partial charge in [0.25, 0.3) is 5.22 Å². The lowest BCUT2D eigenvalue weighted by Crippen LogP contribution is -2.22. The molecule has 3 aromatic carbocycles. The van der Waals surface area contributed by atoms with Crippen molar-refractivity contribution in [2.45, 2.75) is 10.1 Å². The minimum absolute atomic E-state index is 0.0644. The number of fused-ring (bicyclic) bond motifs is 1. The number of carbonyl (C=O) groups excluding carboxylic acids is 1. The average Bonchev–Trinajstić information content (AvgIpc) is 3.26. The van der Waals surface area contributed by atoms with Gasteiger partial charge in [0.2, 0.25) is 21.8 Å². The predicted molar refractivity (Wildman–Crippen MR) is 124 cm³/mol. The van der Waals surface area contributed by atoms with Crippen LogP contribution in [0, 0.1) is 0 Å². The van der Waals surface area contributed by atoms with E-state index in [0.29, 0.717) is 11.6 Å². The van der Waals surface area contributed by atoms with E-state index >= 15 is 0 Å². The number of thioether (sulfide) groups is 1. The van der Waals surface area contributed by atoms with Gasteiger partial charge in [0.05, 0.1) is 10.6 Å². The van der Waals surface area contributed by atoms with Crippen LogP contribution in [0.4, 0.5) is 5.69 Å². The van der Waals surface area contributed by atoms with Crippen molar-refractivity contribution in [2.75, 3.05) is 25.2 Å². The van der Waals surface area contributed by atoms with E-state index < -0.39 is 10.0 Å². The molecule has 0 aliphatic rings. The van der Waals surface area contributed by atoms with E-state index in [0.717, 1.165) is 32.4 Å². The fourth-order valence-corrected chi connectivity index (χ4v) is 4.50. The average molecular weight is 469 g/mol. The van der Waals surface area contributed by atoms with Gasteiger partial charge in [0.1, 0.15) is 0 Å². The van der Waals surface area contributed by atoms with Gasteiger partial charge in [-0.25, -0.2) is 12.7 Å². The number of benzene rings is 3. The molecule has 0 atom stereocenters. The van der Waals surface area contributed by atoms with Crippen LogP contribution in [0.1, 0.15) is 0 Å². The SMILES string of the molecule is CN(C)S(=O)(=O)c1ccc(NC(=O)CSc2nnc(-c3cccc4ccccc34)o2)cc1. The topological polar surface area (TPSA) is 105 Å². The molecule has 0 spiro atoms. The Bertz CT molecular complexity index is 1360. The fourth-order valence-electron chi connectivity index (χ4n) is 3.03. The van der Waals surface area contributed by atoms with Crippen LogP contribution in [0.2, 0.25) is 0 Å². The summed E-state index contributed by atoms with van der Waals surface area (Å²) in [7, 11) is -0.586. The van der Waals surface area contributed by atoms with Crippen LogP contribution < -0.4 is 5.32 Å². The summed E-state index contributed by atoms with van der Waals surface area (Å²) in [4.78, 5) is 12.4. The molecule has 0 saturated heterocycles. The summed E-state index contributed by atoms with van der Waals surface area (Å²) in [5.41, 5.74) is 1.33. The Morgan fingerprint density at radius 1 is 1.00 bits per heavy atom. The quantitative estimate of drug-likeness (QED) is 0.411. The second-order valence-electron chi connectivity index (χ2n) is 7.05. The molecule has 0 aliphatic carbocycles. The molecule has 10 heteroatoms. The number of nitrogens with one attached hydrogen (secondary N) is 1. The highest BCUT2D eigenvalue weighted by Crippen LogP contribution is 2.29. The zero-order chi connectivity index (χ0) is 22.7. The molecule has 0 radical (unpaired) electrons. The van der Waals surface area contributed by atoms with Crippen molar-refractivity contribution in [3.63, 3.8) is 0 Å². The summed E-state index contributed by atoms with van der Waals surface area (Å²) in [5, 5.41) is 13.2. The highest BCUT2D eigenvalue weighted by atomic mass is 32.2. The molecule has 0 saturated carbocycles. The van der Waals surface area contributed by atoms with Crippen LogP contribution in [-0.2, 0) is 14.8 Å². The summed E-state index contributed by atoms with van der Waals surface area (Å²) >= 11 is 1.13. The van der Waals surface area contributed by atoms with Crippen LogP contribution >= 0.6 is 11.8 Å². The Labute approximate surface area is 189 Å². The highest BCUT2D eigenvalue weighted by Gasteiger charge is 2.17. The van der Waals surface area contributed by atoms with E-state index in [-0.39, 0.29) is 21.8 Å². The molecule has 1 aromatic heterocycles. The number of carbonyl (C=O) groups is 1. The monoisotopic (exact) mass is 468 g/mol. The van der Waals surface area contributed by atoms with Crippen molar-refractivity contribution >= 4 is 44.2 Å². The van der Waals surface area contributed by atoms with Gasteiger partial charge in [-0.15, -0.1) is 10.2 Å². The van der Waals surface area contributed by atoms with Gasteiger partial charge >= 0.3 is 0 Å². The van der Waals surface area contributed by atoms with E-state index in [9.17, 15) is 13.2 Å². The summed E-state index contributed by atoms with van der Waals surface area (Å²) < 4.78 is 31.1. The van der Waals surface area contributed by atoms with Crippen LogP contribution in [0.15, 0.2) is 81.3 Å². The molecule has 1 amide bonds. The summed E-state index contributed by atoms with van der Waals surface area (Å²) in [5.74, 6) is 0.181. The third-order valence-electron chi connectivity index (χ3n) is 4.67. The maximum atomic E-state index is 12.3. The van der Waals surface area contributed by atoms with Crippen molar-refractivity contribution in [3.8, 4) is 11.5 Å². The molecule has 4 aromatic rings. The highest BCUT2D eigenvalue weighted by molar-refractivity contribution is 7.99. The first kappa shape index (κ1) is 22.0. The van der Waals surface area contributed by atoms with Crippen LogP contribution in [-0.4, -0.2) is 48.7 Å². The first-order chi connectivity index (χ1) is 15.3. The van der Waals surface area contributed by atoms with Crippen molar-refractivity contribution in [1.82, 2.24) is 14.5 Å². The second-order valence-corrected chi connectivity index (χ2v) is 10.1. The number of amides is 1. The van der Waals surface area contributed by atoms with E-state index in [2.05, 4.69) is 15.5 Å². The number of rotatable bonds is 7. The second kappa shape index (κ2) is 9.11. The maximum absolute atomic E-state index is 12.3. The molecular weight excluding hydrogens is 448 g/mol. The van der Waals surface area contributed by atoms with Gasteiger partial charge in [-0.2, -0.15) is 0 Å². The molecule has 1 N–H and O–H groups in total. The minimum atomic E-state index is -3.51. The zero-order valence-electron chi connectivity index (χ0n) is 17.3. The maximum Gasteiger partial charge on any atom is 0.277 e. The van der Waals surface area contributed by atoms with Gasteiger partial charge in [0, 0.05) is 25.3 Å². The lowest BCUT2D eigenvalue weighted by molar-refractivity contribution is -0.113. The van der Waals surface area contributed by atoms with Crippen molar-refractivity contribution in [2.24, 2.45) is 0 Å². The first-order valence-electron chi connectivity index (χ1n) is 9.61. The van der Waals surface area contributed by atoms with Crippen LogP contribution in [0.5, 0.6) is 0 Å². The fraction of sp³-hybridized carbons (Fsp3) is 0.136. The van der Waals surface area contributed by atoms with Crippen molar-refractivity contribution < 1.29 is 17.6 Å². The summed E-state index contributed by atoms with van der Waals surface area (Å²) in [6.45, 7) is 0. The Hall–Kier alpha value is -3.21. The van der Waals surface area contributed by atoms with Crippen molar-refractivity contribution in [3.05, 3.63) is 66.7 Å². The first-order valence-corrected chi connectivity index (χ1v) is 12.0. The molecule has 0 unspecified atom stereocenters. The number of aromatic nitrogens is 2. The van der Waals surface area contributed by atoms with E-state index in [1.807, 2.05) is 42.5 Å². The zero-order valence-corrected chi connectivity index (χ0v) is 19.0. The number of hydrogen-bond acceptors (Lipinski definition) is 7. The number of nitrogens with zero attached hydrogens (tertiary/aromatic N) is 3. The lowest BCUT2D eigenvalue weighted by Gasteiger charge is -2.11. The Morgan fingerprint density at radius 3 is 2.47 bits per heavy atom. The minimum Gasteiger partial charge on any atom is -0.411 e. The van der Waals surface area contributed by atoms with E-state index in [1.165, 1.54) is 26.2 Å². The normalized spacial score (nSPS) is 11.7. The van der Waals surface area contributed by atoms with E-state index in [4.69, 9.17) is 4.42 Å². The Kier molecular flexibility index (Phi) is 6.26. The molecular formula is C22H20N4O4S2. The molecule has 0 fully saturated rings. The van der Waals surface area contributed by atoms with Gasteiger partial charge in [0.15, 0.2) is 0 Å². The smallest absolute Gasteiger partial charge is 0.277 e. The molecule has 32 heavy (non-hydrogen) atoms. The van der Waals surface area contributed by atoms with Crippen LogP contribution in [0.25, 0.3) is 22.2 Å². The Balaban J connectivity index is 1.39. The number of sulfonamides is 1. The van der Waals surface area contributed by atoms with Crippen LogP contribution in [0.3, 0.4) is 0 Å². The predicted octanol–water partition coefficient (Wildman–Crippen LogP) is 3.87. The van der Waals surface area contributed by atoms with Gasteiger partial charge < -0.3 is 9.73 Å². The molecule has 0 bridgehead atoms.